The Morgan fingerprint density at radius 2 is 1.59 bits per heavy atom. The zero-order chi connectivity index (χ0) is 50.0. The summed E-state index contributed by atoms with van der Waals surface area (Å²) >= 11 is 0.944. The molecule has 1 unspecified atom stereocenters. The Morgan fingerprint density at radius 1 is 0.928 bits per heavy atom. The quantitative estimate of drug-likeness (QED) is 0.0120. The van der Waals surface area contributed by atoms with E-state index in [1.165, 1.54) is 14.0 Å². The summed E-state index contributed by atoms with van der Waals surface area (Å²) in [5.41, 5.74) is 6.78. The maximum Gasteiger partial charge on any atom is 0.327 e. The number of sulfonamides is 1. The van der Waals surface area contributed by atoms with Gasteiger partial charge in [0.15, 0.2) is 5.71 Å². The maximum absolute atomic E-state index is 12.0. The van der Waals surface area contributed by atoms with Crippen molar-refractivity contribution in [3.63, 3.8) is 0 Å². The fourth-order valence-corrected chi connectivity index (χ4v) is 9.01. The number of aryl methyl sites for hydroxylation is 1. The number of pyridine rings is 1. The molecule has 3 aromatic rings. The first kappa shape index (κ1) is 52.4. The highest BCUT2D eigenvalue weighted by atomic mass is 32.2. The molecule has 15 nitrogen and oxygen atoms in total. The van der Waals surface area contributed by atoms with Crippen LogP contribution in [0.3, 0.4) is 0 Å². The van der Waals surface area contributed by atoms with Crippen molar-refractivity contribution in [1.29, 1.82) is 0 Å². The van der Waals surface area contributed by atoms with Crippen molar-refractivity contribution >= 4 is 67.1 Å². The predicted molar refractivity (Wildman–Crippen MR) is 272 cm³/mol. The first-order valence-corrected chi connectivity index (χ1v) is 26.6. The lowest BCUT2D eigenvalue weighted by Gasteiger charge is -2.30. The van der Waals surface area contributed by atoms with Crippen LogP contribution < -0.4 is 14.0 Å². The number of rotatable bonds is 19. The number of fused-ring (bicyclic) bond motifs is 2. The average Bonchev–Trinajstić information content (AvgIpc) is 3.70. The van der Waals surface area contributed by atoms with E-state index in [4.69, 9.17) is 19.1 Å². The number of ether oxygens (including phenoxy) is 1. The van der Waals surface area contributed by atoms with Crippen molar-refractivity contribution < 1.29 is 44.7 Å². The van der Waals surface area contributed by atoms with E-state index in [2.05, 4.69) is 76.3 Å². The Morgan fingerprint density at radius 3 is 2.25 bits per heavy atom. The van der Waals surface area contributed by atoms with Crippen molar-refractivity contribution in [3.05, 3.63) is 130 Å². The molecule has 3 N–H and O–H groups in total. The molecule has 0 fully saturated rings. The van der Waals surface area contributed by atoms with Gasteiger partial charge in [-0.25, -0.2) is 22.9 Å². The molecule has 364 valence electrons. The van der Waals surface area contributed by atoms with Crippen molar-refractivity contribution in [2.75, 3.05) is 36.0 Å². The van der Waals surface area contributed by atoms with Gasteiger partial charge in [0.2, 0.25) is 10.0 Å². The minimum absolute atomic E-state index is 0.162. The second-order valence-corrected chi connectivity index (χ2v) is 21.9. The number of unbranched alkanes of at least 4 members (excludes halogenated alkanes) is 2. The lowest BCUT2D eigenvalue weighted by Crippen LogP contribution is -2.35. The van der Waals surface area contributed by atoms with Gasteiger partial charge in [-0.3, -0.25) is 14.1 Å². The molecule has 1 aromatic heterocycles. The Kier molecular flexibility index (Phi) is 17.2. The lowest BCUT2D eigenvalue weighted by molar-refractivity contribution is -0.685. The molecular formula is C51H59N6O9S3+. The standard InChI is InChI=1S/C51H58N6O9S3/c1-9-65-47(58)16-11-10-12-30-56-34-39(19-18-38-23-27-42(28-24-38)55-68(8,59)60)32-43-48(56)52-45(50(43,3)4)14-13-15-46-51(5,6)44-33-40(20-17-37-21-25-41(26-22-37)54-67-66-64-7)35-57(49(44)53-46)31-29-36(2)69(61,62)63/h13-15,21-28,32-36,54-55H,9-12,16,29-31H2,1-8H3/p+1. The number of aliphatic imine (C=N–C) groups is 2. The fraction of sp³-hybridized carbons (Fsp3) is 0.373. The van der Waals surface area contributed by atoms with Crippen LogP contribution >= 0.6 is 12.2 Å². The van der Waals surface area contributed by atoms with E-state index in [9.17, 15) is 26.2 Å². The van der Waals surface area contributed by atoms with Crippen LogP contribution in [0.1, 0.15) is 95.9 Å². The minimum Gasteiger partial charge on any atom is -0.466 e. The number of allylic oxidation sites excluding steroid dienone is 6. The van der Waals surface area contributed by atoms with Crippen LogP contribution in [-0.2, 0) is 50.9 Å². The highest BCUT2D eigenvalue weighted by Crippen LogP contribution is 2.45. The van der Waals surface area contributed by atoms with Gasteiger partial charge in [-0.2, -0.15) is 8.42 Å². The molecule has 0 aliphatic carbocycles. The van der Waals surface area contributed by atoms with E-state index in [1.807, 2.05) is 65.9 Å². The summed E-state index contributed by atoms with van der Waals surface area (Å²) in [5, 5.41) is -0.981. The van der Waals surface area contributed by atoms with E-state index >= 15 is 0 Å². The average molecular weight is 996 g/mol. The predicted octanol–water partition coefficient (Wildman–Crippen LogP) is 8.51. The van der Waals surface area contributed by atoms with E-state index in [1.54, 1.807) is 31.2 Å². The summed E-state index contributed by atoms with van der Waals surface area (Å²) in [6, 6.07) is 16.5. The highest BCUT2D eigenvalue weighted by molar-refractivity contribution is 7.95. The molecule has 0 amide bonds. The van der Waals surface area contributed by atoms with Crippen molar-refractivity contribution in [2.45, 2.75) is 90.9 Å². The maximum atomic E-state index is 12.0. The molecule has 0 radical (unpaired) electrons. The van der Waals surface area contributed by atoms with Gasteiger partial charge in [-0.15, -0.1) is 4.33 Å². The monoisotopic (exact) mass is 995 g/mol. The second-order valence-electron chi connectivity index (χ2n) is 17.8. The van der Waals surface area contributed by atoms with Crippen molar-refractivity contribution in [2.24, 2.45) is 15.4 Å². The summed E-state index contributed by atoms with van der Waals surface area (Å²) in [6.45, 7) is 13.0. The molecule has 18 heteroatoms. The van der Waals surface area contributed by atoms with Crippen LogP contribution in [0.2, 0.25) is 0 Å². The van der Waals surface area contributed by atoms with Gasteiger partial charge in [-0.1, -0.05) is 43.6 Å². The summed E-state index contributed by atoms with van der Waals surface area (Å²) in [5.74, 6) is 14.4. The molecule has 6 rings (SSSR count). The summed E-state index contributed by atoms with van der Waals surface area (Å²) in [4.78, 5) is 28.8. The number of hydrogen-bond donors (Lipinski definition) is 3. The van der Waals surface area contributed by atoms with Crippen LogP contribution in [0.15, 0.2) is 118 Å². The molecule has 2 aromatic carbocycles. The molecular weight excluding hydrogens is 937 g/mol. The van der Waals surface area contributed by atoms with Gasteiger partial charge in [0.1, 0.15) is 24.3 Å². The molecule has 0 saturated heterocycles. The lowest BCUT2D eigenvalue weighted by atomic mass is 9.80. The number of nitrogens with zero attached hydrogens (tertiary/aromatic N) is 4. The van der Waals surface area contributed by atoms with E-state index in [-0.39, 0.29) is 18.9 Å². The van der Waals surface area contributed by atoms with Gasteiger partial charge in [0, 0.05) is 58.2 Å². The minimum atomic E-state index is -4.24. The molecule has 3 aliphatic rings. The SMILES string of the molecule is CCOC(=O)CCCCC[n+]1cc(C#Cc2ccc(NS(C)(=O)=O)cc2)cc2c1N=C(C=CC=C1N=C3C(=CC(C#Cc4ccc(NSOOC)cc4)=CN3CCC(C)S(=O)(=O)O)C1(C)C)C2(C)C. The van der Waals surface area contributed by atoms with Gasteiger partial charge >= 0.3 is 11.8 Å². The highest BCUT2D eigenvalue weighted by Gasteiger charge is 2.43. The third-order valence-corrected chi connectivity index (χ3v) is 14.1. The molecule has 1 atom stereocenters. The Labute approximate surface area is 411 Å². The van der Waals surface area contributed by atoms with Crippen LogP contribution in [0, 0.1) is 29.1 Å². The van der Waals surface area contributed by atoms with Gasteiger partial charge in [0.25, 0.3) is 10.1 Å². The first-order valence-electron chi connectivity index (χ1n) is 22.5. The van der Waals surface area contributed by atoms with E-state index in [0.29, 0.717) is 37.5 Å². The number of aromatic nitrogens is 1. The Hall–Kier alpha value is -5.99. The van der Waals surface area contributed by atoms with Crippen LogP contribution in [-0.4, -0.2) is 75.6 Å². The topological polar surface area (TPSA) is 189 Å². The van der Waals surface area contributed by atoms with Crippen LogP contribution in [0.5, 0.6) is 0 Å². The number of amidine groups is 1. The third kappa shape index (κ3) is 14.1. The van der Waals surface area contributed by atoms with Crippen molar-refractivity contribution in [3.8, 4) is 23.7 Å². The third-order valence-electron chi connectivity index (χ3n) is 11.7. The number of benzene rings is 2. The molecule has 0 spiro atoms. The summed E-state index contributed by atoms with van der Waals surface area (Å²) in [6.07, 6.45) is 15.8. The van der Waals surface area contributed by atoms with E-state index in [0.717, 1.165) is 87.6 Å². The zero-order valence-corrected chi connectivity index (χ0v) is 42.6. The fourth-order valence-electron chi connectivity index (χ4n) is 7.71. The molecule has 0 bridgehead atoms. The largest absolute Gasteiger partial charge is 0.466 e. The summed E-state index contributed by atoms with van der Waals surface area (Å²) < 4.78 is 74.7. The zero-order valence-electron chi connectivity index (χ0n) is 40.1. The van der Waals surface area contributed by atoms with Gasteiger partial charge < -0.3 is 14.4 Å². The number of anilines is 2. The normalized spacial score (nSPS) is 16.8. The Bertz CT molecular complexity index is 2970. The van der Waals surface area contributed by atoms with Crippen LogP contribution in [0.4, 0.5) is 17.2 Å². The van der Waals surface area contributed by atoms with E-state index < -0.39 is 36.2 Å². The van der Waals surface area contributed by atoms with Gasteiger partial charge in [0.05, 0.1) is 54.0 Å². The number of esters is 1. The number of carbonyl (C=O) groups is 1. The smallest absolute Gasteiger partial charge is 0.327 e. The molecule has 69 heavy (non-hydrogen) atoms. The first-order chi connectivity index (χ1) is 32.7. The second kappa shape index (κ2) is 22.6. The van der Waals surface area contributed by atoms with Gasteiger partial charge in [-0.05, 0) is 131 Å². The van der Waals surface area contributed by atoms with Crippen LogP contribution in [0.25, 0.3) is 0 Å². The number of nitrogens with one attached hydrogen (secondary N) is 2. The Balaban J connectivity index is 1.27. The summed E-state index contributed by atoms with van der Waals surface area (Å²) in [7, 11) is -6.23. The molecule has 4 heterocycles. The van der Waals surface area contributed by atoms with Crippen molar-refractivity contribution in [1.82, 2.24) is 4.90 Å². The number of hydrogen-bond acceptors (Lipinski definition) is 13. The molecule has 0 saturated carbocycles. The molecule has 3 aliphatic heterocycles. The number of carbonyl (C=O) groups excluding carboxylic acids is 1.